The third kappa shape index (κ3) is 12.2. The topological polar surface area (TPSA) is 187 Å². The molecular formula is C30H45N5O9. The average Bonchev–Trinajstić information content (AvgIpc) is 3.47. The maximum atomic E-state index is 13.4. The van der Waals surface area contributed by atoms with Crippen molar-refractivity contribution >= 4 is 35.8 Å². The number of hydrogen-bond donors (Lipinski definition) is 3. The molecule has 0 aliphatic carbocycles. The van der Waals surface area contributed by atoms with E-state index < -0.39 is 66.0 Å². The van der Waals surface area contributed by atoms with Gasteiger partial charge in [-0.25, -0.2) is 9.59 Å². The third-order valence-corrected chi connectivity index (χ3v) is 6.76. The summed E-state index contributed by atoms with van der Waals surface area (Å²) in [5, 5.41) is 4.92. The van der Waals surface area contributed by atoms with E-state index in [-0.39, 0.29) is 32.4 Å². The van der Waals surface area contributed by atoms with Gasteiger partial charge in [0.15, 0.2) is 0 Å². The lowest BCUT2D eigenvalue weighted by molar-refractivity contribution is -0.152. The fraction of sp³-hybridized carbons (Fsp3) is 0.600. The Morgan fingerprint density at radius 1 is 1.09 bits per heavy atom. The summed E-state index contributed by atoms with van der Waals surface area (Å²) in [5.74, 6) is -2.79. The number of esters is 2. The van der Waals surface area contributed by atoms with Gasteiger partial charge in [0.1, 0.15) is 36.9 Å². The molecule has 1 aromatic carbocycles. The monoisotopic (exact) mass is 619 g/mol. The highest BCUT2D eigenvalue weighted by molar-refractivity contribution is 5.92. The first kappa shape index (κ1) is 36.0. The van der Waals surface area contributed by atoms with E-state index >= 15 is 0 Å². The minimum absolute atomic E-state index is 0.0713. The van der Waals surface area contributed by atoms with E-state index in [0.29, 0.717) is 19.4 Å². The number of nitrogens with two attached hydrogens (primary N) is 1. The summed E-state index contributed by atoms with van der Waals surface area (Å²) < 4.78 is 15.2. The summed E-state index contributed by atoms with van der Waals surface area (Å²) in [6.45, 7) is 4.67. The van der Waals surface area contributed by atoms with Gasteiger partial charge in [0.25, 0.3) is 0 Å². The molecule has 1 aromatic rings. The second-order valence-corrected chi connectivity index (χ2v) is 11.6. The van der Waals surface area contributed by atoms with E-state index in [9.17, 15) is 28.8 Å². The van der Waals surface area contributed by atoms with Crippen molar-refractivity contribution in [3.8, 4) is 0 Å². The predicted octanol–water partition coefficient (Wildman–Crippen LogP) is 0.859. The Balaban J connectivity index is 2.00. The Morgan fingerprint density at radius 2 is 1.77 bits per heavy atom. The zero-order valence-corrected chi connectivity index (χ0v) is 26.1. The molecule has 0 spiro atoms. The van der Waals surface area contributed by atoms with E-state index in [1.807, 2.05) is 30.3 Å². The Hall–Kier alpha value is -4.20. The summed E-state index contributed by atoms with van der Waals surface area (Å²) in [6, 6.07) is 6.36. The summed E-state index contributed by atoms with van der Waals surface area (Å²) in [6.07, 6.45) is 0.804. The van der Waals surface area contributed by atoms with Crippen LogP contribution in [0.3, 0.4) is 0 Å². The largest absolute Gasteiger partial charge is 0.467 e. The van der Waals surface area contributed by atoms with Crippen LogP contribution in [-0.2, 0) is 44.8 Å². The van der Waals surface area contributed by atoms with Gasteiger partial charge < -0.3 is 40.4 Å². The van der Waals surface area contributed by atoms with Gasteiger partial charge >= 0.3 is 18.0 Å². The molecule has 1 aliphatic heterocycles. The number of methoxy groups -OCH3 is 1. The van der Waals surface area contributed by atoms with Crippen molar-refractivity contribution in [2.75, 3.05) is 33.8 Å². The van der Waals surface area contributed by atoms with Crippen molar-refractivity contribution in [1.82, 2.24) is 20.4 Å². The first-order valence-corrected chi connectivity index (χ1v) is 14.6. The number of carbonyl (C=O) groups excluding carboxylic acids is 6. The second-order valence-electron chi connectivity index (χ2n) is 11.6. The number of benzene rings is 1. The van der Waals surface area contributed by atoms with Crippen LogP contribution in [0, 0.1) is 0 Å². The quantitative estimate of drug-likeness (QED) is 0.199. The Bertz CT molecular complexity index is 1160. The van der Waals surface area contributed by atoms with Crippen LogP contribution < -0.4 is 16.4 Å². The van der Waals surface area contributed by atoms with Crippen LogP contribution in [-0.4, -0.2) is 103 Å². The molecule has 1 unspecified atom stereocenters. The highest BCUT2D eigenvalue weighted by atomic mass is 16.6. The van der Waals surface area contributed by atoms with Gasteiger partial charge in [0.05, 0.1) is 13.7 Å². The molecule has 0 saturated carbocycles. The van der Waals surface area contributed by atoms with Crippen molar-refractivity contribution < 1.29 is 43.0 Å². The smallest absolute Gasteiger partial charge is 0.408 e. The number of nitrogens with one attached hydrogen (secondary N) is 2. The Kier molecular flexibility index (Phi) is 14.1. The molecule has 44 heavy (non-hydrogen) atoms. The first-order chi connectivity index (χ1) is 20.7. The van der Waals surface area contributed by atoms with Crippen LogP contribution in [0.5, 0.6) is 0 Å². The lowest BCUT2D eigenvalue weighted by atomic mass is 10.0. The van der Waals surface area contributed by atoms with Gasteiger partial charge in [-0.15, -0.1) is 0 Å². The number of hydrogen-bond acceptors (Lipinski definition) is 10. The molecule has 1 saturated heterocycles. The molecule has 1 aliphatic rings. The number of alkyl carbamates (subject to hydrolysis) is 1. The lowest BCUT2D eigenvalue weighted by Crippen LogP contribution is -2.52. The zero-order valence-electron chi connectivity index (χ0n) is 26.1. The van der Waals surface area contributed by atoms with Crippen LogP contribution in [0.2, 0.25) is 0 Å². The molecule has 0 bridgehead atoms. The molecule has 1 fully saturated rings. The van der Waals surface area contributed by atoms with Crippen molar-refractivity contribution in [3.05, 3.63) is 35.9 Å². The standard InChI is InChI=1S/C30H45N5O9/c1-30(2,3)44-29(41)32-17-24(36)33-22(14-9-13-21(31)27(39)43-19-20-11-7-6-8-12-20)26(38)34(4)18-25(37)35-16-10-15-23(35)28(40)42-5/h6-8,11-12,21-23H,9-10,13-19,31H2,1-5H3,(H,32,41)(H,33,36)/t21?,22-,23-/m0/s1. The molecular weight excluding hydrogens is 574 g/mol. The Labute approximate surface area is 257 Å². The average molecular weight is 620 g/mol. The van der Waals surface area contributed by atoms with Gasteiger partial charge in [-0.2, -0.15) is 0 Å². The van der Waals surface area contributed by atoms with E-state index in [0.717, 1.165) is 10.5 Å². The predicted molar refractivity (Wildman–Crippen MR) is 159 cm³/mol. The van der Waals surface area contributed by atoms with E-state index in [1.54, 1.807) is 20.8 Å². The van der Waals surface area contributed by atoms with Crippen LogP contribution in [0.25, 0.3) is 0 Å². The summed E-state index contributed by atoms with van der Waals surface area (Å²) in [4.78, 5) is 78.0. The maximum absolute atomic E-state index is 13.4. The summed E-state index contributed by atoms with van der Waals surface area (Å²) in [7, 11) is 2.66. The zero-order chi connectivity index (χ0) is 32.9. The Morgan fingerprint density at radius 3 is 2.41 bits per heavy atom. The minimum atomic E-state index is -1.09. The number of rotatable bonds is 14. The van der Waals surface area contributed by atoms with Crippen LogP contribution in [0.1, 0.15) is 58.4 Å². The van der Waals surface area contributed by atoms with Crippen molar-refractivity contribution in [3.63, 3.8) is 0 Å². The second kappa shape index (κ2) is 17.2. The number of carbonyl (C=O) groups is 6. The number of amides is 4. The first-order valence-electron chi connectivity index (χ1n) is 14.6. The van der Waals surface area contributed by atoms with Crippen LogP contribution in [0.4, 0.5) is 4.79 Å². The highest BCUT2D eigenvalue weighted by Gasteiger charge is 2.36. The highest BCUT2D eigenvalue weighted by Crippen LogP contribution is 2.19. The maximum Gasteiger partial charge on any atom is 0.408 e. The summed E-state index contributed by atoms with van der Waals surface area (Å²) >= 11 is 0. The molecule has 4 N–H and O–H groups in total. The molecule has 0 aromatic heterocycles. The van der Waals surface area contributed by atoms with Gasteiger partial charge in [-0.05, 0) is 58.4 Å². The number of ether oxygens (including phenoxy) is 3. The van der Waals surface area contributed by atoms with Gasteiger partial charge in [0, 0.05) is 13.6 Å². The molecule has 3 atom stereocenters. The van der Waals surface area contributed by atoms with Crippen molar-refractivity contribution in [2.24, 2.45) is 5.73 Å². The molecule has 14 heteroatoms. The fourth-order valence-electron chi connectivity index (χ4n) is 4.55. The molecule has 14 nitrogen and oxygen atoms in total. The van der Waals surface area contributed by atoms with E-state index in [1.165, 1.54) is 19.1 Å². The van der Waals surface area contributed by atoms with Crippen molar-refractivity contribution in [1.29, 1.82) is 0 Å². The van der Waals surface area contributed by atoms with Crippen LogP contribution in [0.15, 0.2) is 30.3 Å². The number of likely N-dealkylation sites (N-methyl/N-ethyl adjacent to an activating group) is 1. The summed E-state index contributed by atoms with van der Waals surface area (Å²) in [5.41, 5.74) is 6.06. The third-order valence-electron chi connectivity index (χ3n) is 6.76. The minimum Gasteiger partial charge on any atom is -0.467 e. The lowest BCUT2D eigenvalue weighted by Gasteiger charge is -2.28. The van der Waals surface area contributed by atoms with Crippen molar-refractivity contribution in [2.45, 2.75) is 83.2 Å². The molecule has 0 radical (unpaired) electrons. The van der Waals surface area contributed by atoms with Gasteiger partial charge in [-0.3, -0.25) is 19.2 Å². The normalized spacial score (nSPS) is 15.9. The van der Waals surface area contributed by atoms with E-state index in [4.69, 9.17) is 19.9 Å². The number of nitrogens with zero attached hydrogens (tertiary/aromatic N) is 2. The van der Waals surface area contributed by atoms with E-state index in [2.05, 4.69) is 10.6 Å². The number of likely N-dealkylation sites (tertiary alicyclic amines) is 1. The van der Waals surface area contributed by atoms with Crippen LogP contribution >= 0.6 is 0 Å². The molecule has 244 valence electrons. The fourth-order valence-corrected chi connectivity index (χ4v) is 4.55. The SMILES string of the molecule is COC(=O)[C@@H]1CCCN1C(=O)CN(C)C(=O)[C@H](CCCC(N)C(=O)OCc1ccccc1)NC(=O)CNC(=O)OC(C)(C)C. The van der Waals surface area contributed by atoms with Gasteiger partial charge in [0.2, 0.25) is 17.7 Å². The molecule has 1 heterocycles. The van der Waals surface area contributed by atoms with Gasteiger partial charge in [-0.1, -0.05) is 30.3 Å². The molecule has 4 amide bonds. The molecule has 2 rings (SSSR count).